The molecule has 0 saturated carbocycles. The van der Waals surface area contributed by atoms with Crippen molar-refractivity contribution in [3.05, 3.63) is 75.1 Å². The van der Waals surface area contributed by atoms with E-state index in [1.54, 1.807) is 30.0 Å². The number of esters is 1. The Morgan fingerprint density at radius 2 is 1.69 bits per heavy atom. The first-order valence-electron chi connectivity index (χ1n) is 9.24. The van der Waals surface area contributed by atoms with E-state index in [1.807, 2.05) is 38.3 Å². The van der Waals surface area contributed by atoms with Crippen molar-refractivity contribution in [3.63, 3.8) is 0 Å². The molecule has 0 N–H and O–H groups in total. The van der Waals surface area contributed by atoms with Crippen LogP contribution in [0.3, 0.4) is 0 Å². The molecule has 1 heterocycles. The maximum Gasteiger partial charge on any atom is 0.336 e. The first-order chi connectivity index (χ1) is 13.9. The van der Waals surface area contributed by atoms with E-state index in [9.17, 15) is 14.4 Å². The number of carbonyl (C=O) groups is 2. The molecule has 0 bridgehead atoms. The standard InChI is InChI=1S/C23H22O5S/c1-14-10-19-17(12-23(26)28-21(19)11-15(14)2)13-27-22(25)9-8-20(24)16-4-6-18(29-3)7-5-16/h4-7,10-12H,8-9,13H2,1-3H3. The summed E-state index contributed by atoms with van der Waals surface area (Å²) >= 11 is 1.60. The van der Waals surface area contributed by atoms with Crippen molar-refractivity contribution in [3.8, 4) is 0 Å². The number of ether oxygens (including phenoxy) is 1. The molecule has 0 aliphatic rings. The van der Waals surface area contributed by atoms with Gasteiger partial charge < -0.3 is 9.15 Å². The van der Waals surface area contributed by atoms with Crippen molar-refractivity contribution < 1.29 is 18.7 Å². The average Bonchev–Trinajstić information content (AvgIpc) is 2.71. The third-order valence-corrected chi connectivity index (χ3v) is 5.54. The zero-order valence-electron chi connectivity index (χ0n) is 16.6. The van der Waals surface area contributed by atoms with Crippen LogP contribution in [-0.2, 0) is 16.1 Å². The fourth-order valence-corrected chi connectivity index (χ4v) is 3.38. The lowest BCUT2D eigenvalue weighted by atomic mass is 10.0. The molecular formula is C23H22O5S. The monoisotopic (exact) mass is 410 g/mol. The van der Waals surface area contributed by atoms with Crippen LogP contribution in [0.2, 0.25) is 0 Å². The molecule has 0 fully saturated rings. The maximum atomic E-state index is 12.2. The number of Topliss-reactive ketones (excluding diaryl/α,β-unsaturated/α-hetero) is 1. The van der Waals surface area contributed by atoms with Crippen molar-refractivity contribution >= 4 is 34.5 Å². The highest BCUT2D eigenvalue weighted by Gasteiger charge is 2.13. The average molecular weight is 410 g/mol. The quantitative estimate of drug-likeness (QED) is 0.240. The summed E-state index contributed by atoms with van der Waals surface area (Å²) in [4.78, 5) is 37.2. The Labute approximate surface area is 173 Å². The molecule has 1 aromatic heterocycles. The topological polar surface area (TPSA) is 73.6 Å². The van der Waals surface area contributed by atoms with Gasteiger partial charge in [0.15, 0.2) is 5.78 Å². The van der Waals surface area contributed by atoms with Crippen LogP contribution < -0.4 is 5.63 Å². The molecular weight excluding hydrogens is 388 g/mol. The third kappa shape index (κ3) is 5.15. The van der Waals surface area contributed by atoms with E-state index in [1.165, 1.54) is 6.07 Å². The highest BCUT2D eigenvalue weighted by molar-refractivity contribution is 7.98. The van der Waals surface area contributed by atoms with Crippen LogP contribution in [0.15, 0.2) is 56.6 Å². The molecule has 3 aromatic rings. The summed E-state index contributed by atoms with van der Waals surface area (Å²) in [6, 6.07) is 12.3. The van der Waals surface area contributed by atoms with Crippen LogP contribution in [0, 0.1) is 13.8 Å². The molecule has 0 unspecified atom stereocenters. The third-order valence-electron chi connectivity index (χ3n) is 4.80. The van der Waals surface area contributed by atoms with Crippen LogP contribution >= 0.6 is 11.8 Å². The second-order valence-corrected chi connectivity index (χ2v) is 7.72. The van der Waals surface area contributed by atoms with Crippen molar-refractivity contribution in [1.82, 2.24) is 0 Å². The van der Waals surface area contributed by atoms with Crippen LogP contribution in [0.1, 0.15) is 39.9 Å². The van der Waals surface area contributed by atoms with Crippen LogP contribution in [0.4, 0.5) is 0 Å². The number of fused-ring (bicyclic) bond motifs is 1. The van der Waals surface area contributed by atoms with Gasteiger partial charge in [-0.25, -0.2) is 4.79 Å². The first kappa shape index (κ1) is 20.9. The van der Waals surface area contributed by atoms with E-state index in [-0.39, 0.29) is 25.2 Å². The van der Waals surface area contributed by atoms with Gasteiger partial charge in [-0.1, -0.05) is 12.1 Å². The summed E-state index contributed by atoms with van der Waals surface area (Å²) in [5.41, 5.74) is 3.21. The largest absolute Gasteiger partial charge is 0.461 e. The van der Waals surface area contributed by atoms with Gasteiger partial charge in [0.05, 0.1) is 6.42 Å². The molecule has 29 heavy (non-hydrogen) atoms. The first-order valence-corrected chi connectivity index (χ1v) is 10.5. The molecule has 6 heteroatoms. The van der Waals surface area contributed by atoms with Gasteiger partial charge >= 0.3 is 11.6 Å². The second-order valence-electron chi connectivity index (χ2n) is 6.84. The van der Waals surface area contributed by atoms with Crippen LogP contribution in [-0.4, -0.2) is 18.0 Å². The summed E-state index contributed by atoms with van der Waals surface area (Å²) < 4.78 is 10.6. The predicted octanol–water partition coefficient (Wildman–Crippen LogP) is 4.84. The summed E-state index contributed by atoms with van der Waals surface area (Å²) in [6.07, 6.45) is 2.03. The van der Waals surface area contributed by atoms with Gasteiger partial charge in [-0.2, -0.15) is 0 Å². The summed E-state index contributed by atoms with van der Waals surface area (Å²) in [7, 11) is 0. The van der Waals surface area contributed by atoms with Crippen molar-refractivity contribution in [1.29, 1.82) is 0 Å². The Hall–Kier alpha value is -2.86. The van der Waals surface area contributed by atoms with Gasteiger partial charge in [0, 0.05) is 33.9 Å². The molecule has 0 atom stereocenters. The van der Waals surface area contributed by atoms with Gasteiger partial charge in [-0.3, -0.25) is 9.59 Å². The number of rotatable bonds is 7. The smallest absolute Gasteiger partial charge is 0.336 e. The lowest BCUT2D eigenvalue weighted by Gasteiger charge is -2.09. The molecule has 0 spiro atoms. The van der Waals surface area contributed by atoms with E-state index in [0.717, 1.165) is 21.4 Å². The zero-order valence-corrected chi connectivity index (χ0v) is 17.4. The minimum absolute atomic E-state index is 0.0133. The fourth-order valence-electron chi connectivity index (χ4n) is 2.97. The molecule has 0 aliphatic carbocycles. The Bertz CT molecular complexity index is 1110. The fraction of sp³-hybridized carbons (Fsp3) is 0.261. The number of hydrogen-bond donors (Lipinski definition) is 0. The number of benzene rings is 2. The Morgan fingerprint density at radius 3 is 2.38 bits per heavy atom. The molecule has 0 saturated heterocycles. The van der Waals surface area contributed by atoms with Crippen LogP contribution in [0.5, 0.6) is 0 Å². The van der Waals surface area contributed by atoms with E-state index in [4.69, 9.17) is 9.15 Å². The van der Waals surface area contributed by atoms with E-state index >= 15 is 0 Å². The number of aryl methyl sites for hydroxylation is 2. The van der Waals surface area contributed by atoms with Crippen molar-refractivity contribution in [2.24, 2.45) is 0 Å². The Morgan fingerprint density at radius 1 is 1.00 bits per heavy atom. The van der Waals surface area contributed by atoms with E-state index in [0.29, 0.717) is 16.7 Å². The molecule has 0 amide bonds. The normalized spacial score (nSPS) is 10.9. The number of ketones is 1. The molecule has 3 rings (SSSR count). The van der Waals surface area contributed by atoms with Gasteiger partial charge in [-0.15, -0.1) is 11.8 Å². The minimum Gasteiger partial charge on any atom is -0.461 e. The highest BCUT2D eigenvalue weighted by Crippen LogP contribution is 2.22. The molecule has 150 valence electrons. The van der Waals surface area contributed by atoms with Crippen molar-refractivity contribution in [2.45, 2.75) is 38.2 Å². The van der Waals surface area contributed by atoms with Gasteiger partial charge in [-0.05, 0) is 55.5 Å². The summed E-state index contributed by atoms with van der Waals surface area (Å²) in [5.74, 6) is -0.587. The SMILES string of the molecule is CSc1ccc(C(=O)CCC(=O)OCc2cc(=O)oc3cc(C)c(C)cc23)cc1. The lowest BCUT2D eigenvalue weighted by molar-refractivity contribution is -0.144. The molecule has 5 nitrogen and oxygen atoms in total. The second kappa shape index (κ2) is 9.09. The van der Waals surface area contributed by atoms with Gasteiger partial charge in [0.1, 0.15) is 12.2 Å². The molecule has 2 aromatic carbocycles. The lowest BCUT2D eigenvalue weighted by Crippen LogP contribution is -2.10. The predicted molar refractivity (Wildman–Crippen MR) is 114 cm³/mol. The highest BCUT2D eigenvalue weighted by atomic mass is 32.2. The Kier molecular flexibility index (Phi) is 6.54. The van der Waals surface area contributed by atoms with Crippen LogP contribution in [0.25, 0.3) is 11.0 Å². The minimum atomic E-state index is -0.490. The Balaban J connectivity index is 1.62. The summed E-state index contributed by atoms with van der Waals surface area (Å²) in [5, 5.41) is 0.741. The molecule has 0 aliphatic heterocycles. The maximum absolute atomic E-state index is 12.2. The number of thioether (sulfide) groups is 1. The van der Waals surface area contributed by atoms with E-state index < -0.39 is 11.6 Å². The molecule has 0 radical (unpaired) electrons. The van der Waals surface area contributed by atoms with Gasteiger partial charge in [0.2, 0.25) is 0 Å². The van der Waals surface area contributed by atoms with Crippen molar-refractivity contribution in [2.75, 3.05) is 6.26 Å². The van der Waals surface area contributed by atoms with E-state index in [2.05, 4.69) is 0 Å². The zero-order chi connectivity index (χ0) is 21.0. The van der Waals surface area contributed by atoms with Gasteiger partial charge in [0.25, 0.3) is 0 Å². The summed E-state index contributed by atoms with van der Waals surface area (Å²) in [6.45, 7) is 3.86. The number of carbonyl (C=O) groups excluding carboxylic acids is 2. The number of hydrogen-bond acceptors (Lipinski definition) is 6.